The molecular weight excluding hydrogens is 559 g/mol. The van der Waals surface area contributed by atoms with E-state index >= 15 is 0 Å². The summed E-state index contributed by atoms with van der Waals surface area (Å²) in [6, 6.07) is 21.2. The molecule has 0 aliphatic carbocycles. The zero-order valence-corrected chi connectivity index (χ0v) is 21.7. The maximum Gasteiger partial charge on any atom is 0.270 e. The first-order chi connectivity index (χ1) is 15.9. The number of fused-ring (bicyclic) bond motifs is 1. The van der Waals surface area contributed by atoms with Gasteiger partial charge in [-0.3, -0.25) is 9.69 Å². The van der Waals surface area contributed by atoms with Gasteiger partial charge in [0.1, 0.15) is 0 Å². The van der Waals surface area contributed by atoms with Gasteiger partial charge < -0.3 is 4.57 Å². The fraction of sp³-hybridized carbons (Fsp3) is 0.0400. The van der Waals surface area contributed by atoms with Crippen LogP contribution in [0.15, 0.2) is 82.3 Å². The average Bonchev–Trinajstić information content (AvgIpc) is 3.27. The van der Waals surface area contributed by atoms with E-state index in [2.05, 4.69) is 32.6 Å². The highest BCUT2D eigenvalue weighted by atomic mass is 79.9. The summed E-state index contributed by atoms with van der Waals surface area (Å²) in [5, 5.41) is 2.28. The third-order valence-electron chi connectivity index (χ3n) is 5.32. The van der Waals surface area contributed by atoms with Gasteiger partial charge in [0.05, 0.1) is 10.6 Å². The summed E-state index contributed by atoms with van der Waals surface area (Å²) in [6.45, 7) is 0.587. The number of thioether (sulfide) groups is 1. The summed E-state index contributed by atoms with van der Waals surface area (Å²) in [5.74, 6) is -0.124. The minimum Gasteiger partial charge on any atom is -0.342 e. The van der Waals surface area contributed by atoms with Gasteiger partial charge in [-0.1, -0.05) is 93.4 Å². The Hall–Kier alpha value is -2.09. The van der Waals surface area contributed by atoms with Crippen molar-refractivity contribution in [1.82, 2.24) is 4.57 Å². The molecule has 0 unspecified atom stereocenters. The molecule has 0 spiro atoms. The van der Waals surface area contributed by atoms with Gasteiger partial charge in [-0.25, -0.2) is 0 Å². The monoisotopic (exact) mass is 572 g/mol. The molecule has 0 bridgehead atoms. The van der Waals surface area contributed by atoms with Crippen molar-refractivity contribution in [2.75, 3.05) is 4.90 Å². The van der Waals surface area contributed by atoms with E-state index in [4.69, 9.17) is 35.4 Å². The van der Waals surface area contributed by atoms with Gasteiger partial charge >= 0.3 is 0 Å². The van der Waals surface area contributed by atoms with Crippen LogP contribution in [0.25, 0.3) is 17.0 Å². The lowest BCUT2D eigenvalue weighted by Gasteiger charge is -2.14. The fourth-order valence-electron chi connectivity index (χ4n) is 3.80. The van der Waals surface area contributed by atoms with Crippen molar-refractivity contribution in [2.24, 2.45) is 0 Å². The largest absolute Gasteiger partial charge is 0.342 e. The topological polar surface area (TPSA) is 25.2 Å². The van der Waals surface area contributed by atoms with Gasteiger partial charge in [-0.05, 0) is 48.0 Å². The predicted octanol–water partition coefficient (Wildman–Crippen LogP) is 8.16. The number of benzene rings is 3. The molecule has 1 aliphatic rings. The van der Waals surface area contributed by atoms with Crippen LogP contribution in [0.3, 0.4) is 0 Å². The smallest absolute Gasteiger partial charge is 0.270 e. The molecule has 0 saturated carbocycles. The number of rotatable bonds is 4. The third kappa shape index (κ3) is 4.51. The summed E-state index contributed by atoms with van der Waals surface area (Å²) in [7, 11) is 0. The molecule has 0 atom stereocenters. The highest BCUT2D eigenvalue weighted by Gasteiger charge is 2.33. The van der Waals surface area contributed by atoms with E-state index in [9.17, 15) is 4.79 Å². The number of nitrogens with zero attached hydrogens (tertiary/aromatic N) is 2. The molecule has 0 radical (unpaired) electrons. The zero-order valence-electron chi connectivity index (χ0n) is 17.0. The number of carbonyl (C=O) groups excluding carboxylic acids is 1. The maximum absolute atomic E-state index is 13.2. The average molecular weight is 574 g/mol. The van der Waals surface area contributed by atoms with E-state index in [-0.39, 0.29) is 5.91 Å². The minimum absolute atomic E-state index is 0.124. The highest BCUT2D eigenvalue weighted by Crippen LogP contribution is 2.38. The Kier molecular flexibility index (Phi) is 6.38. The Balaban J connectivity index is 1.53. The van der Waals surface area contributed by atoms with Gasteiger partial charge in [0, 0.05) is 43.7 Å². The number of halogens is 3. The molecule has 1 aromatic heterocycles. The molecule has 1 fully saturated rings. The van der Waals surface area contributed by atoms with Crippen LogP contribution in [0.4, 0.5) is 5.69 Å². The Morgan fingerprint density at radius 1 is 1.03 bits per heavy atom. The number of aromatic nitrogens is 1. The minimum atomic E-state index is -0.124. The summed E-state index contributed by atoms with van der Waals surface area (Å²) < 4.78 is 3.54. The summed E-state index contributed by atoms with van der Waals surface area (Å²) >= 11 is 22.8. The van der Waals surface area contributed by atoms with Crippen LogP contribution >= 0.6 is 63.1 Å². The van der Waals surface area contributed by atoms with Crippen LogP contribution in [0.5, 0.6) is 0 Å². The van der Waals surface area contributed by atoms with Crippen molar-refractivity contribution in [3.05, 3.63) is 103 Å². The second-order valence-electron chi connectivity index (χ2n) is 7.46. The quantitative estimate of drug-likeness (QED) is 0.182. The van der Waals surface area contributed by atoms with Crippen molar-refractivity contribution in [3.63, 3.8) is 0 Å². The summed E-state index contributed by atoms with van der Waals surface area (Å²) in [6.07, 6.45) is 3.96. The van der Waals surface area contributed by atoms with E-state index in [1.165, 1.54) is 11.8 Å². The lowest BCUT2D eigenvalue weighted by atomic mass is 10.1. The van der Waals surface area contributed by atoms with Crippen LogP contribution in [-0.4, -0.2) is 14.8 Å². The Bertz CT molecular complexity index is 1460. The number of amides is 1. The molecule has 33 heavy (non-hydrogen) atoms. The third-order valence-corrected chi connectivity index (χ3v) is 7.70. The first-order valence-corrected chi connectivity index (χ1v) is 12.7. The van der Waals surface area contributed by atoms with Crippen molar-refractivity contribution in [1.29, 1.82) is 0 Å². The van der Waals surface area contributed by atoms with E-state index in [1.807, 2.05) is 60.8 Å². The normalized spacial score (nSPS) is 15.2. The number of hydrogen-bond acceptors (Lipinski definition) is 3. The molecule has 5 rings (SSSR count). The van der Waals surface area contributed by atoms with Crippen LogP contribution < -0.4 is 4.90 Å². The molecule has 1 amide bonds. The highest BCUT2D eigenvalue weighted by molar-refractivity contribution is 9.10. The van der Waals surface area contributed by atoms with E-state index < -0.39 is 0 Å². The van der Waals surface area contributed by atoms with Crippen molar-refractivity contribution in [2.45, 2.75) is 6.54 Å². The molecule has 3 nitrogen and oxygen atoms in total. The predicted molar refractivity (Wildman–Crippen MR) is 147 cm³/mol. The number of thiocarbonyl (C=S) groups is 1. The van der Waals surface area contributed by atoms with Crippen molar-refractivity contribution >= 4 is 96.0 Å². The van der Waals surface area contributed by atoms with Crippen LogP contribution in [0, 0.1) is 0 Å². The Morgan fingerprint density at radius 3 is 2.64 bits per heavy atom. The van der Waals surface area contributed by atoms with Crippen LogP contribution in [0.1, 0.15) is 11.1 Å². The number of para-hydroxylation sites is 1. The lowest BCUT2D eigenvalue weighted by Crippen LogP contribution is -2.27. The van der Waals surface area contributed by atoms with Gasteiger partial charge in [-0.2, -0.15) is 0 Å². The maximum atomic E-state index is 13.2. The van der Waals surface area contributed by atoms with E-state index in [1.54, 1.807) is 11.0 Å². The van der Waals surface area contributed by atoms with Crippen LogP contribution in [-0.2, 0) is 11.3 Å². The standard InChI is InChI=1S/C25H15BrCl2N2OS2/c26-17-4-3-5-19(11-17)30-24(31)23(33-25(30)32)10-16-14-29(22-7-2-1-6-20(16)22)13-15-8-9-18(27)12-21(15)28/h1-12,14H,13H2/b23-10+. The summed E-state index contributed by atoms with van der Waals surface area (Å²) in [4.78, 5) is 15.4. The van der Waals surface area contributed by atoms with Crippen LogP contribution in [0.2, 0.25) is 10.0 Å². The number of hydrogen-bond donors (Lipinski definition) is 0. The first kappa shape index (κ1) is 22.7. The Morgan fingerprint density at radius 2 is 1.85 bits per heavy atom. The van der Waals surface area contributed by atoms with Crippen molar-refractivity contribution < 1.29 is 4.79 Å². The molecular formula is C25H15BrCl2N2OS2. The molecule has 3 aromatic carbocycles. The Labute approximate surface area is 219 Å². The summed E-state index contributed by atoms with van der Waals surface area (Å²) in [5.41, 5.74) is 3.71. The van der Waals surface area contributed by atoms with Crippen molar-refractivity contribution in [3.8, 4) is 0 Å². The zero-order chi connectivity index (χ0) is 23.1. The molecule has 0 N–H and O–H groups in total. The van der Waals surface area contributed by atoms with E-state index in [0.717, 1.165) is 32.2 Å². The molecule has 4 aromatic rings. The molecule has 2 heterocycles. The van der Waals surface area contributed by atoms with E-state index in [0.29, 0.717) is 25.8 Å². The SMILES string of the molecule is O=C1/C(=C\c2cn(Cc3ccc(Cl)cc3Cl)c3ccccc23)SC(=S)N1c1cccc(Br)c1. The van der Waals surface area contributed by atoms with Gasteiger partial charge in [0.15, 0.2) is 4.32 Å². The van der Waals surface area contributed by atoms with Gasteiger partial charge in [0.25, 0.3) is 5.91 Å². The second kappa shape index (κ2) is 9.28. The molecule has 1 aliphatic heterocycles. The number of carbonyl (C=O) groups is 1. The lowest BCUT2D eigenvalue weighted by molar-refractivity contribution is -0.113. The first-order valence-electron chi connectivity index (χ1n) is 9.96. The van der Waals surface area contributed by atoms with Gasteiger partial charge in [-0.15, -0.1) is 0 Å². The molecule has 8 heteroatoms. The second-order valence-corrected chi connectivity index (χ2v) is 10.9. The molecule has 1 saturated heterocycles. The fourth-order valence-corrected chi connectivity index (χ4v) is 5.95. The molecule has 164 valence electrons. The number of anilines is 1. The van der Waals surface area contributed by atoms with Gasteiger partial charge in [0.2, 0.25) is 0 Å².